The Hall–Kier alpha value is -3.29. The van der Waals surface area contributed by atoms with Crippen LogP contribution in [0.5, 0.6) is 0 Å². The minimum Gasteiger partial charge on any atom is -0.340 e. The van der Waals surface area contributed by atoms with E-state index < -0.39 is 0 Å². The molecule has 1 aliphatic rings. The number of nitrogens with zero attached hydrogens (tertiary/aromatic N) is 5. The van der Waals surface area contributed by atoms with Gasteiger partial charge in [-0.15, -0.1) is 10.2 Å². The van der Waals surface area contributed by atoms with Crippen molar-refractivity contribution in [1.29, 1.82) is 0 Å². The van der Waals surface area contributed by atoms with Crippen LogP contribution in [0.3, 0.4) is 0 Å². The van der Waals surface area contributed by atoms with E-state index in [9.17, 15) is 4.79 Å². The Morgan fingerprint density at radius 2 is 2.04 bits per heavy atom. The largest absolute Gasteiger partial charge is 0.340 e. The molecule has 1 aromatic carbocycles. The summed E-state index contributed by atoms with van der Waals surface area (Å²) in [4.78, 5) is 18.0. The summed E-state index contributed by atoms with van der Waals surface area (Å²) in [5, 5.41) is 17.1. The second kappa shape index (κ2) is 5.73. The monoisotopic (exact) mass is 321 g/mol. The molecule has 0 bridgehead atoms. The number of fused-ring (bicyclic) bond motifs is 1. The van der Waals surface area contributed by atoms with Crippen LogP contribution >= 0.6 is 0 Å². The van der Waals surface area contributed by atoms with Gasteiger partial charge in [0, 0.05) is 37.0 Å². The number of pyridine rings is 1. The minimum absolute atomic E-state index is 0.129. The van der Waals surface area contributed by atoms with Gasteiger partial charge < -0.3 is 10.2 Å². The molecule has 1 amide bonds. The molecule has 120 valence electrons. The number of carbonyl (C=O) groups is 1. The molecule has 0 saturated carbocycles. The lowest BCUT2D eigenvalue weighted by molar-refractivity contribution is -0.118. The predicted octanol–water partition coefficient (Wildman–Crippen LogP) is 1.91. The third-order valence-corrected chi connectivity index (χ3v) is 4.07. The summed E-state index contributed by atoms with van der Waals surface area (Å²) in [6.07, 6.45) is 3.11. The molecule has 0 spiro atoms. The maximum absolute atomic E-state index is 11.8. The van der Waals surface area contributed by atoms with E-state index >= 15 is 0 Å². The fourth-order valence-electron chi connectivity index (χ4n) is 2.72. The third kappa shape index (κ3) is 2.58. The van der Waals surface area contributed by atoms with Crippen LogP contribution in [0, 0.1) is 0 Å². The highest BCUT2D eigenvalue weighted by Gasteiger charge is 2.21. The van der Waals surface area contributed by atoms with Crippen molar-refractivity contribution in [2.24, 2.45) is 0 Å². The summed E-state index contributed by atoms with van der Waals surface area (Å²) in [6.45, 7) is 0. The first-order chi connectivity index (χ1) is 11.7. The zero-order chi connectivity index (χ0) is 16.5. The van der Waals surface area contributed by atoms with Gasteiger partial charge in [-0.25, -0.2) is 4.98 Å². The highest BCUT2D eigenvalue weighted by atomic mass is 16.2. The number of tetrazole rings is 1. The molecule has 0 saturated heterocycles. The Balaban J connectivity index is 1.56. The molecule has 0 fully saturated rings. The van der Waals surface area contributed by atoms with Gasteiger partial charge in [0.2, 0.25) is 11.7 Å². The Morgan fingerprint density at radius 3 is 2.79 bits per heavy atom. The lowest BCUT2D eigenvalue weighted by Gasteiger charge is -2.25. The van der Waals surface area contributed by atoms with Crippen molar-refractivity contribution in [3.63, 3.8) is 0 Å². The summed E-state index contributed by atoms with van der Waals surface area (Å²) in [5.74, 6) is 1.38. The SMILES string of the molecule is CN1C(=O)CCc2cnc(Nc3ccc(-c4nn[nH]n4)cc3)cc21. The van der Waals surface area contributed by atoms with E-state index in [1.165, 1.54) is 0 Å². The maximum Gasteiger partial charge on any atom is 0.227 e. The van der Waals surface area contributed by atoms with Crippen molar-refractivity contribution in [3.8, 4) is 11.4 Å². The first-order valence-electron chi connectivity index (χ1n) is 7.57. The molecule has 8 heteroatoms. The summed E-state index contributed by atoms with van der Waals surface area (Å²) < 4.78 is 0. The van der Waals surface area contributed by atoms with E-state index in [0.717, 1.165) is 28.9 Å². The number of nitrogens with one attached hydrogen (secondary N) is 2. The molecular formula is C16H15N7O. The Bertz CT molecular complexity index is 874. The quantitative estimate of drug-likeness (QED) is 0.764. The molecule has 4 rings (SSSR count). The molecular weight excluding hydrogens is 306 g/mol. The Kier molecular flexibility index (Phi) is 3.42. The van der Waals surface area contributed by atoms with Crippen molar-refractivity contribution < 1.29 is 4.79 Å². The van der Waals surface area contributed by atoms with Gasteiger partial charge in [-0.3, -0.25) is 4.79 Å². The summed E-state index contributed by atoms with van der Waals surface area (Å²) >= 11 is 0. The van der Waals surface area contributed by atoms with Crippen molar-refractivity contribution in [2.45, 2.75) is 12.8 Å². The fourth-order valence-corrected chi connectivity index (χ4v) is 2.72. The van der Waals surface area contributed by atoms with Crippen LogP contribution in [0.4, 0.5) is 17.2 Å². The molecule has 2 aromatic heterocycles. The molecule has 0 aliphatic carbocycles. The van der Waals surface area contributed by atoms with Gasteiger partial charge in [-0.05, 0) is 41.5 Å². The number of benzene rings is 1. The van der Waals surface area contributed by atoms with Crippen LogP contribution in [0.2, 0.25) is 0 Å². The fraction of sp³-hybridized carbons (Fsp3) is 0.188. The van der Waals surface area contributed by atoms with Crippen LogP contribution in [-0.4, -0.2) is 38.6 Å². The van der Waals surface area contributed by atoms with Gasteiger partial charge in [0.05, 0.1) is 5.69 Å². The highest BCUT2D eigenvalue weighted by Crippen LogP contribution is 2.29. The Labute approximate surface area is 137 Å². The molecule has 2 N–H and O–H groups in total. The van der Waals surface area contributed by atoms with Gasteiger partial charge in [0.1, 0.15) is 5.82 Å². The van der Waals surface area contributed by atoms with E-state index in [4.69, 9.17) is 0 Å². The number of H-pyrrole nitrogens is 1. The normalized spacial score (nSPS) is 13.7. The zero-order valence-electron chi connectivity index (χ0n) is 13.0. The Morgan fingerprint density at radius 1 is 1.21 bits per heavy atom. The van der Waals surface area contributed by atoms with Crippen LogP contribution in [0.15, 0.2) is 36.5 Å². The van der Waals surface area contributed by atoms with E-state index in [-0.39, 0.29) is 5.91 Å². The lowest BCUT2D eigenvalue weighted by Crippen LogP contribution is -2.31. The molecule has 0 radical (unpaired) electrons. The molecule has 24 heavy (non-hydrogen) atoms. The van der Waals surface area contributed by atoms with Gasteiger partial charge in [0.25, 0.3) is 0 Å². The molecule has 0 atom stereocenters. The molecule has 1 aliphatic heterocycles. The number of anilines is 3. The minimum atomic E-state index is 0.129. The third-order valence-electron chi connectivity index (χ3n) is 4.07. The van der Waals surface area contributed by atoms with Gasteiger partial charge >= 0.3 is 0 Å². The highest BCUT2D eigenvalue weighted by molar-refractivity contribution is 5.96. The first kappa shape index (κ1) is 14.3. The average Bonchev–Trinajstić information content (AvgIpc) is 3.14. The van der Waals surface area contributed by atoms with Crippen LogP contribution < -0.4 is 10.2 Å². The number of aromatic nitrogens is 5. The van der Waals surface area contributed by atoms with Gasteiger partial charge in [0.15, 0.2) is 0 Å². The number of rotatable bonds is 3. The summed E-state index contributed by atoms with van der Waals surface area (Å²) in [5.41, 5.74) is 3.76. The van der Waals surface area contributed by atoms with Crippen LogP contribution in [-0.2, 0) is 11.2 Å². The maximum atomic E-state index is 11.8. The molecule has 3 heterocycles. The standard InChI is InChI=1S/C16H15N7O/c1-23-13-8-14(17-9-11(13)4-7-15(23)24)18-12-5-2-10(3-6-12)16-19-21-22-20-16/h2-3,5-6,8-9H,4,7H2,1H3,(H,17,18)(H,19,20,21,22). The lowest BCUT2D eigenvalue weighted by atomic mass is 10.0. The summed E-state index contributed by atoms with van der Waals surface area (Å²) in [6, 6.07) is 9.55. The number of hydrogen-bond acceptors (Lipinski definition) is 6. The number of amides is 1. The molecule has 8 nitrogen and oxygen atoms in total. The van der Waals surface area contributed by atoms with E-state index in [2.05, 4.69) is 30.9 Å². The number of aryl methyl sites for hydroxylation is 1. The average molecular weight is 321 g/mol. The van der Waals surface area contributed by atoms with E-state index in [1.807, 2.05) is 36.5 Å². The van der Waals surface area contributed by atoms with Crippen LogP contribution in [0.1, 0.15) is 12.0 Å². The van der Waals surface area contributed by atoms with Crippen molar-refractivity contribution in [3.05, 3.63) is 42.1 Å². The zero-order valence-corrected chi connectivity index (χ0v) is 13.0. The van der Waals surface area contributed by atoms with E-state index in [0.29, 0.717) is 18.1 Å². The second-order valence-electron chi connectivity index (χ2n) is 5.59. The van der Waals surface area contributed by atoms with Crippen molar-refractivity contribution >= 4 is 23.1 Å². The topological polar surface area (TPSA) is 99.7 Å². The number of hydrogen-bond donors (Lipinski definition) is 2. The van der Waals surface area contributed by atoms with Gasteiger partial charge in [-0.2, -0.15) is 5.21 Å². The number of carbonyl (C=O) groups excluding carboxylic acids is 1. The van der Waals surface area contributed by atoms with Crippen molar-refractivity contribution in [1.82, 2.24) is 25.6 Å². The summed E-state index contributed by atoms with van der Waals surface area (Å²) in [7, 11) is 1.80. The smallest absolute Gasteiger partial charge is 0.227 e. The molecule has 3 aromatic rings. The van der Waals surface area contributed by atoms with Crippen molar-refractivity contribution in [2.75, 3.05) is 17.3 Å². The van der Waals surface area contributed by atoms with E-state index in [1.54, 1.807) is 11.9 Å². The predicted molar refractivity (Wildman–Crippen MR) is 88.9 cm³/mol. The molecule has 0 unspecified atom stereocenters. The van der Waals surface area contributed by atoms with Crippen LogP contribution in [0.25, 0.3) is 11.4 Å². The second-order valence-corrected chi connectivity index (χ2v) is 5.59. The number of aromatic amines is 1. The van der Waals surface area contributed by atoms with Gasteiger partial charge in [-0.1, -0.05) is 0 Å². The first-order valence-corrected chi connectivity index (χ1v) is 7.57.